The van der Waals surface area contributed by atoms with Crippen molar-refractivity contribution in [3.05, 3.63) is 35.9 Å². The van der Waals surface area contributed by atoms with E-state index in [4.69, 9.17) is 5.73 Å². The van der Waals surface area contributed by atoms with Crippen molar-refractivity contribution in [1.82, 2.24) is 9.38 Å². The van der Waals surface area contributed by atoms with Gasteiger partial charge in [0.2, 0.25) is 0 Å². The number of hydrogen-bond donors (Lipinski definition) is 2. The molecule has 0 saturated heterocycles. The van der Waals surface area contributed by atoms with Crippen LogP contribution in [0.25, 0.3) is 5.52 Å². The third-order valence-electron chi connectivity index (χ3n) is 3.13. The predicted octanol–water partition coefficient (Wildman–Crippen LogP) is 1.20. The average Bonchev–Trinajstić information content (AvgIpc) is 3.07. The topological polar surface area (TPSA) is 63.5 Å². The van der Waals surface area contributed by atoms with E-state index in [1.54, 1.807) is 0 Å². The van der Waals surface area contributed by atoms with E-state index in [-0.39, 0.29) is 12.6 Å². The average molecular weight is 217 g/mol. The molecule has 1 fully saturated rings. The molecule has 0 spiro atoms. The smallest absolute Gasteiger partial charge is 0.116 e. The highest BCUT2D eigenvalue weighted by Crippen LogP contribution is 2.39. The highest BCUT2D eigenvalue weighted by Gasteiger charge is 2.28. The number of rotatable bonds is 3. The van der Waals surface area contributed by atoms with Crippen LogP contribution in [0.1, 0.15) is 36.3 Å². The Morgan fingerprint density at radius 3 is 3.00 bits per heavy atom. The molecule has 1 saturated carbocycles. The van der Waals surface area contributed by atoms with Gasteiger partial charge in [-0.2, -0.15) is 0 Å². The molecule has 0 bridgehead atoms. The zero-order chi connectivity index (χ0) is 11.1. The van der Waals surface area contributed by atoms with E-state index >= 15 is 0 Å². The van der Waals surface area contributed by atoms with Crippen molar-refractivity contribution >= 4 is 5.52 Å². The normalized spacial score (nSPS) is 17.9. The second-order valence-corrected chi connectivity index (χ2v) is 4.39. The summed E-state index contributed by atoms with van der Waals surface area (Å²) in [6.45, 7) is -0.0403. The summed E-state index contributed by atoms with van der Waals surface area (Å²) in [5.74, 6) is 1.67. The molecule has 0 aliphatic heterocycles. The molecule has 2 heterocycles. The first-order valence-corrected chi connectivity index (χ1v) is 5.64. The minimum Gasteiger partial charge on any atom is -0.394 e. The monoisotopic (exact) mass is 217 g/mol. The highest BCUT2D eigenvalue weighted by molar-refractivity contribution is 5.48. The van der Waals surface area contributed by atoms with Gasteiger partial charge >= 0.3 is 0 Å². The fraction of sp³-hybridized carbons (Fsp3) is 0.417. The van der Waals surface area contributed by atoms with Crippen LogP contribution < -0.4 is 5.73 Å². The third kappa shape index (κ3) is 1.42. The summed E-state index contributed by atoms with van der Waals surface area (Å²) in [5, 5.41) is 9.17. The van der Waals surface area contributed by atoms with Crippen LogP contribution in [-0.2, 0) is 0 Å². The van der Waals surface area contributed by atoms with Crippen LogP contribution in [0.4, 0.5) is 0 Å². The number of aliphatic hydroxyl groups is 1. The molecule has 1 aliphatic carbocycles. The maximum absolute atomic E-state index is 9.17. The van der Waals surface area contributed by atoms with Crippen molar-refractivity contribution in [1.29, 1.82) is 0 Å². The Hall–Kier alpha value is -1.39. The lowest BCUT2D eigenvalue weighted by atomic mass is 10.2. The van der Waals surface area contributed by atoms with Crippen molar-refractivity contribution in [2.75, 3.05) is 6.61 Å². The van der Waals surface area contributed by atoms with Crippen LogP contribution in [0.3, 0.4) is 0 Å². The molecule has 0 radical (unpaired) electrons. The van der Waals surface area contributed by atoms with Gasteiger partial charge in [-0.1, -0.05) is 6.07 Å². The number of fused-ring (bicyclic) bond motifs is 1. The Balaban J connectivity index is 2.21. The lowest BCUT2D eigenvalue weighted by Gasteiger charge is -2.13. The Bertz CT molecular complexity index is 516. The molecular weight excluding hydrogens is 202 g/mol. The minimum absolute atomic E-state index is 0.0403. The van der Waals surface area contributed by atoms with Gasteiger partial charge < -0.3 is 10.8 Å². The van der Waals surface area contributed by atoms with Crippen molar-refractivity contribution in [2.24, 2.45) is 5.73 Å². The second kappa shape index (κ2) is 3.57. The van der Waals surface area contributed by atoms with E-state index in [9.17, 15) is 5.11 Å². The molecule has 3 rings (SSSR count). The summed E-state index contributed by atoms with van der Waals surface area (Å²) in [6.07, 6.45) is 4.30. The summed E-state index contributed by atoms with van der Waals surface area (Å²) < 4.78 is 2.10. The number of aromatic nitrogens is 2. The molecular formula is C12H15N3O. The number of imidazole rings is 1. The van der Waals surface area contributed by atoms with E-state index < -0.39 is 0 Å². The molecule has 4 heteroatoms. The maximum atomic E-state index is 9.17. The summed E-state index contributed by atoms with van der Waals surface area (Å²) in [6, 6.07) is 5.60. The molecule has 0 amide bonds. The Labute approximate surface area is 93.7 Å². The van der Waals surface area contributed by atoms with Gasteiger partial charge in [-0.25, -0.2) is 4.98 Å². The van der Waals surface area contributed by atoms with Gasteiger partial charge in [-0.15, -0.1) is 0 Å². The summed E-state index contributed by atoms with van der Waals surface area (Å²) in [7, 11) is 0. The van der Waals surface area contributed by atoms with Crippen LogP contribution in [0.15, 0.2) is 24.4 Å². The number of aliphatic hydroxyl groups excluding tert-OH is 1. The summed E-state index contributed by atoms with van der Waals surface area (Å²) in [5.41, 5.74) is 7.91. The molecule has 16 heavy (non-hydrogen) atoms. The second-order valence-electron chi connectivity index (χ2n) is 4.39. The van der Waals surface area contributed by atoms with E-state index in [1.807, 2.05) is 24.4 Å². The number of nitrogens with zero attached hydrogens (tertiary/aromatic N) is 2. The lowest BCUT2D eigenvalue weighted by Crippen LogP contribution is -2.18. The van der Waals surface area contributed by atoms with Gasteiger partial charge in [0.15, 0.2) is 0 Å². The van der Waals surface area contributed by atoms with E-state index in [2.05, 4.69) is 9.38 Å². The van der Waals surface area contributed by atoms with Crippen molar-refractivity contribution in [2.45, 2.75) is 24.8 Å². The van der Waals surface area contributed by atoms with E-state index in [1.165, 1.54) is 12.8 Å². The molecule has 1 atom stereocenters. The first-order valence-electron chi connectivity index (χ1n) is 5.64. The van der Waals surface area contributed by atoms with Crippen LogP contribution >= 0.6 is 0 Å². The molecule has 1 aliphatic rings. The molecule has 0 aromatic carbocycles. The lowest BCUT2D eigenvalue weighted by molar-refractivity contribution is 0.265. The van der Waals surface area contributed by atoms with Crippen LogP contribution in [0.2, 0.25) is 0 Å². The van der Waals surface area contributed by atoms with Gasteiger partial charge in [0.05, 0.1) is 24.4 Å². The Morgan fingerprint density at radius 2 is 2.31 bits per heavy atom. The fourth-order valence-corrected chi connectivity index (χ4v) is 2.11. The SMILES string of the molecule is NC(CO)c1cccc2cnc(C3CC3)n12. The molecule has 1 unspecified atom stereocenters. The van der Waals surface area contributed by atoms with Crippen molar-refractivity contribution in [3.63, 3.8) is 0 Å². The van der Waals surface area contributed by atoms with Gasteiger partial charge in [0, 0.05) is 11.6 Å². The highest BCUT2D eigenvalue weighted by atomic mass is 16.3. The molecule has 84 valence electrons. The predicted molar refractivity (Wildman–Crippen MR) is 61.2 cm³/mol. The third-order valence-corrected chi connectivity index (χ3v) is 3.13. The molecule has 2 aromatic rings. The molecule has 2 aromatic heterocycles. The minimum atomic E-state index is -0.338. The Morgan fingerprint density at radius 1 is 1.50 bits per heavy atom. The maximum Gasteiger partial charge on any atom is 0.116 e. The van der Waals surface area contributed by atoms with Crippen LogP contribution in [0.5, 0.6) is 0 Å². The van der Waals surface area contributed by atoms with Gasteiger partial charge in [0.25, 0.3) is 0 Å². The van der Waals surface area contributed by atoms with Gasteiger partial charge in [0.1, 0.15) is 5.82 Å². The van der Waals surface area contributed by atoms with Gasteiger partial charge in [-0.05, 0) is 25.0 Å². The largest absolute Gasteiger partial charge is 0.394 e. The first-order chi connectivity index (χ1) is 7.81. The quantitative estimate of drug-likeness (QED) is 0.812. The van der Waals surface area contributed by atoms with E-state index in [0.717, 1.165) is 17.0 Å². The zero-order valence-corrected chi connectivity index (χ0v) is 9.00. The fourth-order valence-electron chi connectivity index (χ4n) is 2.11. The number of hydrogen-bond acceptors (Lipinski definition) is 3. The number of pyridine rings is 1. The van der Waals surface area contributed by atoms with E-state index in [0.29, 0.717) is 5.92 Å². The first kappa shape index (κ1) is 9.81. The zero-order valence-electron chi connectivity index (χ0n) is 9.00. The number of nitrogens with two attached hydrogens (primary N) is 1. The van der Waals surface area contributed by atoms with Crippen molar-refractivity contribution < 1.29 is 5.11 Å². The van der Waals surface area contributed by atoms with Gasteiger partial charge in [-0.3, -0.25) is 4.40 Å². The van der Waals surface area contributed by atoms with Crippen molar-refractivity contribution in [3.8, 4) is 0 Å². The molecule has 3 N–H and O–H groups in total. The molecule has 4 nitrogen and oxygen atoms in total. The van der Waals surface area contributed by atoms with Crippen LogP contribution in [0, 0.1) is 0 Å². The standard InChI is InChI=1S/C12H15N3O/c13-10(7-16)11-3-1-2-9-6-14-12(15(9)11)8-4-5-8/h1-3,6,8,10,16H,4-5,7,13H2. The summed E-state index contributed by atoms with van der Waals surface area (Å²) >= 11 is 0. The van der Waals surface area contributed by atoms with Crippen LogP contribution in [-0.4, -0.2) is 21.1 Å². The Kier molecular flexibility index (Phi) is 2.19. The summed E-state index contributed by atoms with van der Waals surface area (Å²) in [4.78, 5) is 4.46.